The normalized spacial score (nSPS) is 19.5. The van der Waals surface area contributed by atoms with Crippen LogP contribution in [0.5, 0.6) is 0 Å². The quantitative estimate of drug-likeness (QED) is 0.870. The van der Waals surface area contributed by atoms with Crippen LogP contribution in [0.2, 0.25) is 5.02 Å². The van der Waals surface area contributed by atoms with Gasteiger partial charge in [0.2, 0.25) is 10.0 Å². The molecule has 0 spiro atoms. The molecule has 1 saturated carbocycles. The van der Waals surface area contributed by atoms with Crippen LogP contribution in [0.4, 0.5) is 5.69 Å². The Balaban J connectivity index is 1.70. The highest BCUT2D eigenvalue weighted by molar-refractivity contribution is 7.89. The Kier molecular flexibility index (Phi) is 4.29. The highest BCUT2D eigenvalue weighted by Gasteiger charge is 2.33. The van der Waals surface area contributed by atoms with Crippen molar-refractivity contribution in [2.75, 3.05) is 4.90 Å². The number of hydrogen-bond acceptors (Lipinski definition) is 3. The highest BCUT2D eigenvalue weighted by atomic mass is 35.5. The zero-order chi connectivity index (χ0) is 18.5. The minimum absolute atomic E-state index is 0.0141. The van der Waals surface area contributed by atoms with Crippen molar-refractivity contribution in [2.24, 2.45) is 0 Å². The van der Waals surface area contributed by atoms with E-state index in [4.69, 9.17) is 11.6 Å². The number of hydrogen-bond donors (Lipinski definition) is 1. The summed E-state index contributed by atoms with van der Waals surface area (Å²) < 4.78 is 27.7. The summed E-state index contributed by atoms with van der Waals surface area (Å²) in [6.45, 7) is 1.99. The molecule has 1 aliphatic heterocycles. The van der Waals surface area contributed by atoms with E-state index in [1.54, 1.807) is 11.0 Å². The highest BCUT2D eigenvalue weighted by Crippen LogP contribution is 2.34. The third-order valence-corrected chi connectivity index (χ3v) is 6.79. The summed E-state index contributed by atoms with van der Waals surface area (Å²) in [5.41, 5.74) is 2.31. The van der Waals surface area contributed by atoms with Crippen molar-refractivity contribution < 1.29 is 13.2 Å². The van der Waals surface area contributed by atoms with Crippen LogP contribution in [0.3, 0.4) is 0 Å². The lowest BCUT2D eigenvalue weighted by Gasteiger charge is -2.23. The monoisotopic (exact) mass is 390 g/mol. The number of rotatable bonds is 4. The van der Waals surface area contributed by atoms with Gasteiger partial charge in [0.25, 0.3) is 5.91 Å². The lowest BCUT2D eigenvalue weighted by Crippen LogP contribution is -2.36. The second-order valence-corrected chi connectivity index (χ2v) is 8.99. The summed E-state index contributed by atoms with van der Waals surface area (Å²) in [5.74, 6) is -0.220. The van der Waals surface area contributed by atoms with Gasteiger partial charge in [0.1, 0.15) is 4.90 Å². The van der Waals surface area contributed by atoms with Crippen molar-refractivity contribution in [3.63, 3.8) is 0 Å². The van der Waals surface area contributed by atoms with Crippen LogP contribution in [0.1, 0.15) is 35.7 Å². The third-order valence-electron chi connectivity index (χ3n) is 4.79. The molecule has 0 bridgehead atoms. The van der Waals surface area contributed by atoms with Gasteiger partial charge in [-0.2, -0.15) is 0 Å². The van der Waals surface area contributed by atoms with Crippen LogP contribution in [0.15, 0.2) is 47.4 Å². The Morgan fingerprint density at radius 3 is 2.65 bits per heavy atom. The van der Waals surface area contributed by atoms with Crippen molar-refractivity contribution >= 4 is 33.2 Å². The Bertz CT molecular complexity index is 986. The summed E-state index contributed by atoms with van der Waals surface area (Å²) in [6, 6.07) is 12.2. The van der Waals surface area contributed by atoms with E-state index in [9.17, 15) is 13.2 Å². The number of nitrogens with one attached hydrogen (secondary N) is 1. The molecule has 4 rings (SSSR count). The first-order valence-corrected chi connectivity index (χ1v) is 10.5. The van der Waals surface area contributed by atoms with Gasteiger partial charge in [0.15, 0.2) is 0 Å². The number of halogens is 1. The Morgan fingerprint density at radius 1 is 1.19 bits per heavy atom. The smallest absolute Gasteiger partial charge is 0.258 e. The maximum Gasteiger partial charge on any atom is 0.258 e. The first kappa shape index (κ1) is 17.5. The molecule has 1 amide bonds. The topological polar surface area (TPSA) is 66.5 Å². The molecule has 0 saturated heterocycles. The van der Waals surface area contributed by atoms with Gasteiger partial charge in [0.05, 0.1) is 5.02 Å². The first-order chi connectivity index (χ1) is 12.4. The minimum Gasteiger partial charge on any atom is -0.305 e. The van der Waals surface area contributed by atoms with Gasteiger partial charge >= 0.3 is 0 Å². The lowest BCUT2D eigenvalue weighted by molar-refractivity contribution is 0.0981. The Morgan fingerprint density at radius 2 is 1.92 bits per heavy atom. The van der Waals surface area contributed by atoms with Crippen LogP contribution in [-0.2, 0) is 16.4 Å². The van der Waals surface area contributed by atoms with E-state index in [-0.39, 0.29) is 27.9 Å². The van der Waals surface area contributed by atoms with Crippen LogP contribution in [0.25, 0.3) is 0 Å². The Hall–Kier alpha value is -1.89. The SMILES string of the molecule is C[C@H]1Cc2ccccc2N1C(=O)c1ccc(Cl)c(S(=O)(=O)NC2CC2)c1. The molecule has 0 radical (unpaired) electrons. The zero-order valence-electron chi connectivity index (χ0n) is 14.3. The summed E-state index contributed by atoms with van der Waals surface area (Å²) in [5, 5.41) is 0.115. The predicted molar refractivity (Wildman–Crippen MR) is 101 cm³/mol. The number of benzene rings is 2. The van der Waals surface area contributed by atoms with Crippen LogP contribution in [-0.4, -0.2) is 26.4 Å². The van der Waals surface area contributed by atoms with Gasteiger partial charge in [-0.3, -0.25) is 4.79 Å². The molecule has 1 heterocycles. The number of amides is 1. The van der Waals surface area contributed by atoms with Crippen molar-refractivity contribution in [1.82, 2.24) is 4.72 Å². The lowest BCUT2D eigenvalue weighted by atomic mass is 10.1. The van der Waals surface area contributed by atoms with Gasteiger partial charge in [-0.15, -0.1) is 0 Å². The standard InChI is InChI=1S/C19H19ClN2O3S/c1-12-10-13-4-2-3-5-17(13)22(12)19(23)14-6-9-16(20)18(11-14)26(24,25)21-15-7-8-15/h2-6,9,11-12,15,21H,7-8,10H2,1H3/t12-/m0/s1. The van der Waals surface area contributed by atoms with Gasteiger partial charge < -0.3 is 4.90 Å². The van der Waals surface area contributed by atoms with Crippen LogP contribution in [0, 0.1) is 0 Å². The molecule has 1 aliphatic carbocycles. The number of sulfonamides is 1. The average Bonchev–Trinajstić information content (AvgIpc) is 3.33. The maximum atomic E-state index is 13.1. The molecule has 1 N–H and O–H groups in total. The van der Waals surface area contributed by atoms with Crippen molar-refractivity contribution in [3.05, 3.63) is 58.6 Å². The molecule has 1 fully saturated rings. The van der Waals surface area contributed by atoms with E-state index in [0.29, 0.717) is 5.56 Å². The van der Waals surface area contributed by atoms with Crippen molar-refractivity contribution in [2.45, 2.75) is 43.2 Å². The third kappa shape index (κ3) is 3.13. The number of anilines is 1. The zero-order valence-corrected chi connectivity index (χ0v) is 15.8. The molecule has 2 aromatic carbocycles. The van der Waals surface area contributed by atoms with E-state index in [1.807, 2.05) is 31.2 Å². The minimum atomic E-state index is -3.73. The summed E-state index contributed by atoms with van der Waals surface area (Å²) in [4.78, 5) is 14.8. The first-order valence-electron chi connectivity index (χ1n) is 8.60. The van der Waals surface area contributed by atoms with E-state index in [0.717, 1.165) is 30.5 Å². The van der Waals surface area contributed by atoms with Crippen molar-refractivity contribution in [3.8, 4) is 0 Å². The predicted octanol–water partition coefficient (Wildman–Crippen LogP) is 3.37. The molecule has 5 nitrogen and oxygen atoms in total. The summed E-state index contributed by atoms with van der Waals surface area (Å²) in [6.07, 6.45) is 2.44. The van der Waals surface area contributed by atoms with Crippen molar-refractivity contribution in [1.29, 1.82) is 0 Å². The molecule has 0 unspecified atom stereocenters. The fraction of sp³-hybridized carbons (Fsp3) is 0.316. The number of fused-ring (bicyclic) bond motifs is 1. The Labute approximate surface area is 158 Å². The molecule has 26 heavy (non-hydrogen) atoms. The molecule has 7 heteroatoms. The molecule has 1 atom stereocenters. The summed E-state index contributed by atoms with van der Waals surface area (Å²) >= 11 is 6.11. The van der Waals surface area contributed by atoms with Gasteiger partial charge in [-0.05, 0) is 56.0 Å². The average molecular weight is 391 g/mol. The van der Waals surface area contributed by atoms with E-state index in [1.165, 1.54) is 12.1 Å². The largest absolute Gasteiger partial charge is 0.305 e. The van der Waals surface area contributed by atoms with E-state index >= 15 is 0 Å². The number of para-hydroxylation sites is 1. The fourth-order valence-corrected chi connectivity index (χ4v) is 5.17. The van der Waals surface area contributed by atoms with Gasteiger partial charge in [0, 0.05) is 23.3 Å². The number of nitrogens with zero attached hydrogens (tertiary/aromatic N) is 1. The summed E-state index contributed by atoms with van der Waals surface area (Å²) in [7, 11) is -3.73. The molecular weight excluding hydrogens is 372 g/mol. The van der Waals surface area contributed by atoms with Crippen LogP contribution >= 0.6 is 11.6 Å². The number of carbonyl (C=O) groups excluding carboxylic acids is 1. The fourth-order valence-electron chi connectivity index (χ4n) is 3.34. The molecule has 2 aliphatic rings. The maximum absolute atomic E-state index is 13.1. The van der Waals surface area contributed by atoms with Gasteiger partial charge in [-0.25, -0.2) is 13.1 Å². The molecule has 0 aromatic heterocycles. The van der Waals surface area contributed by atoms with E-state index < -0.39 is 10.0 Å². The van der Waals surface area contributed by atoms with E-state index in [2.05, 4.69) is 4.72 Å². The molecule has 2 aromatic rings. The van der Waals surface area contributed by atoms with Crippen LogP contribution < -0.4 is 9.62 Å². The van der Waals surface area contributed by atoms with Gasteiger partial charge in [-0.1, -0.05) is 29.8 Å². The second-order valence-electron chi connectivity index (χ2n) is 6.90. The molecule has 136 valence electrons. The number of carbonyl (C=O) groups is 1. The second kappa shape index (κ2) is 6.37. The molecular formula is C19H19ClN2O3S.